The Morgan fingerprint density at radius 1 is 1.04 bits per heavy atom. The highest BCUT2D eigenvalue weighted by Gasteiger charge is 2.15. The SMILES string of the molecule is O=[N+]([O-])c1cccc(C=Nc2ccc(-c3nc4ccccc4o3)cc2)c1O. The van der Waals surface area contributed by atoms with Gasteiger partial charge in [0, 0.05) is 23.4 Å². The number of para-hydroxylation sites is 3. The van der Waals surface area contributed by atoms with Crippen LogP contribution in [0.4, 0.5) is 11.4 Å². The number of nitro benzene ring substituents is 1. The third-order valence-electron chi connectivity index (χ3n) is 4.00. The molecular weight excluding hydrogens is 346 g/mol. The summed E-state index contributed by atoms with van der Waals surface area (Å²) in [5.74, 6) is 0.109. The monoisotopic (exact) mass is 359 g/mol. The number of aromatic nitrogens is 1. The molecule has 0 aliphatic rings. The minimum absolute atomic E-state index is 0.271. The number of aromatic hydroxyl groups is 1. The van der Waals surface area contributed by atoms with E-state index in [0.717, 1.165) is 16.7 Å². The van der Waals surface area contributed by atoms with E-state index in [2.05, 4.69) is 9.98 Å². The van der Waals surface area contributed by atoms with E-state index in [1.165, 1.54) is 18.3 Å². The van der Waals surface area contributed by atoms with E-state index in [9.17, 15) is 15.2 Å². The molecule has 0 radical (unpaired) electrons. The second-order valence-electron chi connectivity index (χ2n) is 5.76. The molecule has 0 bridgehead atoms. The zero-order chi connectivity index (χ0) is 18.8. The lowest BCUT2D eigenvalue weighted by molar-refractivity contribution is -0.385. The molecule has 7 heteroatoms. The van der Waals surface area contributed by atoms with E-state index in [1.807, 2.05) is 36.4 Å². The number of oxazole rings is 1. The van der Waals surface area contributed by atoms with Crippen LogP contribution >= 0.6 is 0 Å². The minimum Gasteiger partial charge on any atom is -0.502 e. The van der Waals surface area contributed by atoms with Gasteiger partial charge in [0.1, 0.15) is 5.52 Å². The van der Waals surface area contributed by atoms with Gasteiger partial charge < -0.3 is 9.52 Å². The number of benzene rings is 3. The molecule has 27 heavy (non-hydrogen) atoms. The second-order valence-corrected chi connectivity index (χ2v) is 5.76. The predicted octanol–water partition coefficient (Wildman–Crippen LogP) is 4.86. The summed E-state index contributed by atoms with van der Waals surface area (Å²) in [6.45, 7) is 0. The van der Waals surface area contributed by atoms with Crippen LogP contribution in [0, 0.1) is 10.1 Å². The van der Waals surface area contributed by atoms with Crippen molar-refractivity contribution < 1.29 is 14.4 Å². The van der Waals surface area contributed by atoms with E-state index in [1.54, 1.807) is 18.2 Å². The predicted molar refractivity (Wildman–Crippen MR) is 101 cm³/mol. The summed E-state index contributed by atoms with van der Waals surface area (Å²) in [6, 6.07) is 19.0. The molecule has 0 amide bonds. The fourth-order valence-corrected chi connectivity index (χ4v) is 2.63. The van der Waals surface area contributed by atoms with Gasteiger partial charge in [-0.2, -0.15) is 0 Å². The zero-order valence-electron chi connectivity index (χ0n) is 13.9. The van der Waals surface area contributed by atoms with Crippen molar-refractivity contribution in [3.05, 3.63) is 82.4 Å². The molecule has 3 aromatic carbocycles. The third-order valence-corrected chi connectivity index (χ3v) is 4.00. The van der Waals surface area contributed by atoms with Crippen LogP contribution in [-0.2, 0) is 0 Å². The lowest BCUT2D eigenvalue weighted by Gasteiger charge is -2.00. The lowest BCUT2D eigenvalue weighted by Crippen LogP contribution is -1.91. The number of hydrogen-bond acceptors (Lipinski definition) is 6. The van der Waals surface area contributed by atoms with Crippen molar-refractivity contribution in [2.45, 2.75) is 0 Å². The number of phenolic OH excluding ortho intramolecular Hbond substituents is 1. The van der Waals surface area contributed by atoms with Gasteiger partial charge >= 0.3 is 5.69 Å². The summed E-state index contributed by atoms with van der Waals surface area (Å²) in [5.41, 5.74) is 2.85. The van der Waals surface area contributed by atoms with Gasteiger partial charge in [0.25, 0.3) is 0 Å². The zero-order valence-corrected chi connectivity index (χ0v) is 13.9. The molecule has 0 aliphatic carbocycles. The number of nitrogens with zero attached hydrogens (tertiary/aromatic N) is 3. The summed E-state index contributed by atoms with van der Waals surface area (Å²) in [5, 5.41) is 20.8. The Hall–Kier alpha value is -4.00. The minimum atomic E-state index is -0.637. The molecule has 0 saturated heterocycles. The number of phenols is 1. The Balaban J connectivity index is 1.58. The number of hydrogen-bond donors (Lipinski definition) is 1. The third kappa shape index (κ3) is 3.25. The van der Waals surface area contributed by atoms with Crippen LogP contribution < -0.4 is 0 Å². The molecule has 4 aromatic rings. The Kier molecular flexibility index (Phi) is 4.10. The standard InChI is InChI=1S/C20H13N3O4/c24-19-14(4-3-6-17(19)23(25)26)12-21-15-10-8-13(9-11-15)20-22-16-5-1-2-7-18(16)27-20/h1-12,24H. The Morgan fingerprint density at radius 2 is 1.81 bits per heavy atom. The molecule has 132 valence electrons. The number of aliphatic imine (C=N–C) groups is 1. The van der Waals surface area contributed by atoms with Gasteiger partial charge in [-0.25, -0.2) is 4.98 Å². The highest BCUT2D eigenvalue weighted by molar-refractivity contribution is 5.87. The van der Waals surface area contributed by atoms with Crippen molar-refractivity contribution in [2.24, 2.45) is 4.99 Å². The highest BCUT2D eigenvalue weighted by Crippen LogP contribution is 2.29. The largest absolute Gasteiger partial charge is 0.502 e. The van der Waals surface area contributed by atoms with Crippen LogP contribution in [-0.4, -0.2) is 21.2 Å². The first kappa shape index (κ1) is 16.5. The van der Waals surface area contributed by atoms with E-state index in [-0.39, 0.29) is 11.3 Å². The quantitative estimate of drug-likeness (QED) is 0.318. The molecule has 0 atom stereocenters. The molecular formula is C20H13N3O4. The molecule has 1 aromatic heterocycles. The Labute approximate surface area is 153 Å². The highest BCUT2D eigenvalue weighted by atomic mass is 16.6. The summed E-state index contributed by atoms with van der Waals surface area (Å²) in [4.78, 5) is 18.9. The Bertz CT molecular complexity index is 1130. The number of nitro groups is 1. The fraction of sp³-hybridized carbons (Fsp3) is 0. The molecule has 1 N–H and O–H groups in total. The average molecular weight is 359 g/mol. The molecule has 0 unspecified atom stereocenters. The maximum Gasteiger partial charge on any atom is 0.311 e. The van der Waals surface area contributed by atoms with E-state index < -0.39 is 10.7 Å². The van der Waals surface area contributed by atoms with Crippen molar-refractivity contribution in [3.63, 3.8) is 0 Å². The first-order valence-electron chi connectivity index (χ1n) is 8.08. The molecule has 0 fully saturated rings. The smallest absolute Gasteiger partial charge is 0.311 e. The fourth-order valence-electron chi connectivity index (χ4n) is 2.63. The van der Waals surface area contributed by atoms with Crippen molar-refractivity contribution >= 4 is 28.7 Å². The molecule has 0 spiro atoms. The van der Waals surface area contributed by atoms with Gasteiger partial charge in [0.2, 0.25) is 11.6 Å². The maximum absolute atomic E-state index is 10.9. The normalized spacial score (nSPS) is 11.3. The molecule has 0 saturated carbocycles. The Morgan fingerprint density at radius 3 is 2.56 bits per heavy atom. The van der Waals surface area contributed by atoms with Crippen molar-refractivity contribution in [2.75, 3.05) is 0 Å². The van der Waals surface area contributed by atoms with Crippen molar-refractivity contribution in [1.29, 1.82) is 0 Å². The number of fused-ring (bicyclic) bond motifs is 1. The average Bonchev–Trinajstić information content (AvgIpc) is 3.11. The van der Waals surface area contributed by atoms with Crippen LogP contribution in [0.25, 0.3) is 22.6 Å². The lowest BCUT2D eigenvalue weighted by atomic mass is 10.2. The topological polar surface area (TPSA) is 102 Å². The van der Waals surface area contributed by atoms with Crippen LogP contribution in [0.2, 0.25) is 0 Å². The first-order chi connectivity index (χ1) is 13.1. The van der Waals surface area contributed by atoms with Gasteiger partial charge in [-0.1, -0.05) is 18.2 Å². The van der Waals surface area contributed by atoms with Gasteiger partial charge in [0.15, 0.2) is 5.58 Å². The number of rotatable bonds is 4. The first-order valence-corrected chi connectivity index (χ1v) is 8.08. The summed E-state index contributed by atoms with van der Waals surface area (Å²) < 4.78 is 5.73. The van der Waals surface area contributed by atoms with E-state index in [0.29, 0.717) is 11.6 Å². The van der Waals surface area contributed by atoms with Crippen LogP contribution in [0.15, 0.2) is 76.1 Å². The van der Waals surface area contributed by atoms with Crippen LogP contribution in [0.3, 0.4) is 0 Å². The van der Waals surface area contributed by atoms with Gasteiger partial charge in [-0.15, -0.1) is 0 Å². The van der Waals surface area contributed by atoms with Gasteiger partial charge in [0.05, 0.1) is 10.6 Å². The molecule has 0 aliphatic heterocycles. The maximum atomic E-state index is 10.9. The van der Waals surface area contributed by atoms with Gasteiger partial charge in [-0.3, -0.25) is 15.1 Å². The van der Waals surface area contributed by atoms with Crippen LogP contribution in [0.1, 0.15) is 5.56 Å². The molecule has 4 rings (SSSR count). The summed E-state index contributed by atoms with van der Waals surface area (Å²) in [6.07, 6.45) is 1.39. The van der Waals surface area contributed by atoms with Crippen molar-refractivity contribution in [1.82, 2.24) is 4.98 Å². The summed E-state index contributed by atoms with van der Waals surface area (Å²) in [7, 11) is 0. The van der Waals surface area contributed by atoms with Gasteiger partial charge in [-0.05, 0) is 42.5 Å². The van der Waals surface area contributed by atoms with E-state index >= 15 is 0 Å². The van der Waals surface area contributed by atoms with Crippen LogP contribution in [0.5, 0.6) is 5.75 Å². The van der Waals surface area contributed by atoms with E-state index in [4.69, 9.17) is 4.42 Å². The molecule has 7 nitrogen and oxygen atoms in total. The van der Waals surface area contributed by atoms with Crippen molar-refractivity contribution in [3.8, 4) is 17.2 Å². The molecule has 1 heterocycles. The summed E-state index contributed by atoms with van der Waals surface area (Å²) >= 11 is 0. The second kappa shape index (κ2) is 6.72.